The van der Waals surface area contributed by atoms with E-state index in [1.165, 1.54) is 6.42 Å². The SMILES string of the molecule is CC1(c2ccccc2)NC(=O)CN(CC2CCCS2)C1=O. The van der Waals surface area contributed by atoms with Gasteiger partial charge in [0.15, 0.2) is 0 Å². The highest BCUT2D eigenvalue weighted by molar-refractivity contribution is 8.00. The molecule has 0 aromatic heterocycles. The summed E-state index contributed by atoms with van der Waals surface area (Å²) >= 11 is 1.91. The van der Waals surface area contributed by atoms with Gasteiger partial charge in [0.1, 0.15) is 5.54 Å². The van der Waals surface area contributed by atoms with Crippen LogP contribution in [-0.2, 0) is 15.1 Å². The molecule has 112 valence electrons. The van der Waals surface area contributed by atoms with Gasteiger partial charge in [0.05, 0.1) is 6.54 Å². The van der Waals surface area contributed by atoms with Crippen LogP contribution >= 0.6 is 11.8 Å². The summed E-state index contributed by atoms with van der Waals surface area (Å²) in [5.41, 5.74) is -0.105. The standard InChI is InChI=1S/C16H20N2O2S/c1-16(12-6-3-2-4-7-12)15(20)18(11-14(19)17-16)10-13-8-5-9-21-13/h2-4,6-7,13H,5,8-11H2,1H3,(H,17,19). The van der Waals surface area contributed by atoms with Gasteiger partial charge in [-0.3, -0.25) is 9.59 Å². The van der Waals surface area contributed by atoms with E-state index in [1.54, 1.807) is 11.8 Å². The van der Waals surface area contributed by atoms with Crippen LogP contribution in [0.15, 0.2) is 30.3 Å². The molecule has 0 spiro atoms. The van der Waals surface area contributed by atoms with Crippen molar-refractivity contribution in [2.24, 2.45) is 0 Å². The van der Waals surface area contributed by atoms with Crippen molar-refractivity contribution in [1.82, 2.24) is 10.2 Å². The molecule has 0 radical (unpaired) electrons. The molecule has 5 heteroatoms. The maximum absolute atomic E-state index is 12.9. The zero-order chi connectivity index (χ0) is 14.9. The molecule has 3 rings (SSSR count). The van der Waals surface area contributed by atoms with E-state index in [1.807, 2.05) is 42.1 Å². The summed E-state index contributed by atoms with van der Waals surface area (Å²) in [6.45, 7) is 2.66. The Balaban J connectivity index is 1.84. The summed E-state index contributed by atoms with van der Waals surface area (Å²) in [5, 5.41) is 3.35. The van der Waals surface area contributed by atoms with Gasteiger partial charge in [0, 0.05) is 11.8 Å². The van der Waals surface area contributed by atoms with Crippen molar-refractivity contribution in [3.8, 4) is 0 Å². The fourth-order valence-corrected chi connectivity index (χ4v) is 4.37. The first-order chi connectivity index (χ1) is 10.1. The van der Waals surface area contributed by atoms with Gasteiger partial charge in [-0.2, -0.15) is 11.8 Å². The number of benzene rings is 1. The van der Waals surface area contributed by atoms with Crippen molar-refractivity contribution in [3.05, 3.63) is 35.9 Å². The summed E-state index contributed by atoms with van der Waals surface area (Å²) in [7, 11) is 0. The molecule has 1 N–H and O–H groups in total. The number of hydrogen-bond acceptors (Lipinski definition) is 3. The molecule has 0 saturated carbocycles. The number of carbonyl (C=O) groups excluding carboxylic acids is 2. The molecule has 2 atom stereocenters. The van der Waals surface area contributed by atoms with Crippen LogP contribution in [0.3, 0.4) is 0 Å². The zero-order valence-corrected chi connectivity index (χ0v) is 13.0. The number of nitrogens with one attached hydrogen (secondary N) is 1. The minimum atomic E-state index is -0.945. The average molecular weight is 304 g/mol. The molecule has 2 fully saturated rings. The molecule has 1 aromatic carbocycles. The second-order valence-corrected chi connectivity index (χ2v) is 7.27. The van der Waals surface area contributed by atoms with Crippen LogP contribution in [0, 0.1) is 0 Å². The average Bonchev–Trinajstić information content (AvgIpc) is 2.98. The fraction of sp³-hybridized carbons (Fsp3) is 0.500. The minimum Gasteiger partial charge on any atom is -0.337 e. The van der Waals surface area contributed by atoms with E-state index in [9.17, 15) is 9.59 Å². The highest BCUT2D eigenvalue weighted by atomic mass is 32.2. The van der Waals surface area contributed by atoms with Crippen LogP contribution in [0.4, 0.5) is 0 Å². The van der Waals surface area contributed by atoms with Gasteiger partial charge < -0.3 is 10.2 Å². The Morgan fingerprint density at radius 3 is 2.76 bits per heavy atom. The summed E-state index contributed by atoms with van der Waals surface area (Å²) in [5.74, 6) is 1.08. The molecule has 0 bridgehead atoms. The van der Waals surface area contributed by atoms with Crippen LogP contribution in [0.1, 0.15) is 25.3 Å². The molecule has 0 aliphatic carbocycles. The topological polar surface area (TPSA) is 49.4 Å². The van der Waals surface area contributed by atoms with E-state index >= 15 is 0 Å². The Morgan fingerprint density at radius 1 is 1.33 bits per heavy atom. The van der Waals surface area contributed by atoms with Gasteiger partial charge in [-0.25, -0.2) is 0 Å². The van der Waals surface area contributed by atoms with Crippen molar-refractivity contribution in [1.29, 1.82) is 0 Å². The van der Waals surface area contributed by atoms with E-state index in [-0.39, 0.29) is 18.4 Å². The molecule has 2 unspecified atom stereocenters. The zero-order valence-electron chi connectivity index (χ0n) is 12.2. The monoisotopic (exact) mass is 304 g/mol. The lowest BCUT2D eigenvalue weighted by molar-refractivity contribution is -0.149. The molecule has 2 amide bonds. The first kappa shape index (κ1) is 14.4. The van der Waals surface area contributed by atoms with E-state index in [0.29, 0.717) is 11.8 Å². The lowest BCUT2D eigenvalue weighted by Gasteiger charge is -2.40. The van der Waals surface area contributed by atoms with Crippen molar-refractivity contribution >= 4 is 23.6 Å². The molecule has 2 aliphatic rings. The molecule has 2 saturated heterocycles. The van der Waals surface area contributed by atoms with Crippen molar-refractivity contribution in [2.75, 3.05) is 18.8 Å². The van der Waals surface area contributed by atoms with Crippen LogP contribution < -0.4 is 5.32 Å². The van der Waals surface area contributed by atoms with Crippen molar-refractivity contribution in [3.63, 3.8) is 0 Å². The number of rotatable bonds is 3. The van der Waals surface area contributed by atoms with Crippen molar-refractivity contribution < 1.29 is 9.59 Å². The minimum absolute atomic E-state index is 0.000741. The van der Waals surface area contributed by atoms with Gasteiger partial charge in [-0.05, 0) is 31.1 Å². The number of piperazine rings is 1. The summed E-state index contributed by atoms with van der Waals surface area (Å²) in [6.07, 6.45) is 2.34. The van der Waals surface area contributed by atoms with Crippen LogP contribution in [0.2, 0.25) is 0 Å². The third kappa shape index (κ3) is 2.79. The van der Waals surface area contributed by atoms with Gasteiger partial charge in [-0.1, -0.05) is 30.3 Å². The molecular formula is C16H20N2O2S. The number of carbonyl (C=O) groups is 2. The fourth-order valence-electron chi connectivity index (χ4n) is 3.08. The third-order valence-corrected chi connectivity index (χ3v) is 5.62. The number of thioether (sulfide) groups is 1. The predicted molar refractivity (Wildman–Crippen MR) is 84.0 cm³/mol. The Morgan fingerprint density at radius 2 is 2.10 bits per heavy atom. The Bertz CT molecular complexity index is 542. The Hall–Kier alpha value is -1.49. The van der Waals surface area contributed by atoms with E-state index in [0.717, 1.165) is 17.7 Å². The van der Waals surface area contributed by atoms with Gasteiger partial charge >= 0.3 is 0 Å². The predicted octanol–water partition coefficient (Wildman–Crippen LogP) is 1.76. The summed E-state index contributed by atoms with van der Waals surface area (Å²) < 4.78 is 0. The maximum atomic E-state index is 12.9. The van der Waals surface area contributed by atoms with E-state index in [2.05, 4.69) is 5.32 Å². The summed E-state index contributed by atoms with van der Waals surface area (Å²) in [4.78, 5) is 26.7. The van der Waals surface area contributed by atoms with Crippen LogP contribution in [-0.4, -0.2) is 40.8 Å². The Kier molecular flexibility index (Phi) is 3.93. The van der Waals surface area contributed by atoms with Gasteiger partial charge in [-0.15, -0.1) is 0 Å². The second-order valence-electron chi connectivity index (χ2n) is 5.86. The smallest absolute Gasteiger partial charge is 0.253 e. The lowest BCUT2D eigenvalue weighted by Crippen LogP contribution is -2.64. The molecule has 1 aromatic rings. The summed E-state index contributed by atoms with van der Waals surface area (Å²) in [6, 6.07) is 9.49. The molecular weight excluding hydrogens is 284 g/mol. The van der Waals surface area contributed by atoms with Crippen LogP contribution in [0.25, 0.3) is 0 Å². The van der Waals surface area contributed by atoms with Gasteiger partial charge in [0.2, 0.25) is 5.91 Å². The molecule has 21 heavy (non-hydrogen) atoms. The molecule has 4 nitrogen and oxygen atoms in total. The number of nitrogens with zero attached hydrogens (tertiary/aromatic N) is 1. The number of hydrogen-bond donors (Lipinski definition) is 1. The van der Waals surface area contributed by atoms with E-state index in [4.69, 9.17) is 0 Å². The van der Waals surface area contributed by atoms with Crippen molar-refractivity contribution in [2.45, 2.75) is 30.6 Å². The first-order valence-electron chi connectivity index (χ1n) is 7.37. The second kappa shape index (κ2) is 5.72. The normalized spacial score (nSPS) is 29.6. The van der Waals surface area contributed by atoms with Crippen LogP contribution in [0.5, 0.6) is 0 Å². The lowest BCUT2D eigenvalue weighted by atomic mass is 9.88. The van der Waals surface area contributed by atoms with E-state index < -0.39 is 5.54 Å². The molecule has 2 aliphatic heterocycles. The highest BCUT2D eigenvalue weighted by Gasteiger charge is 2.44. The molecule has 2 heterocycles. The maximum Gasteiger partial charge on any atom is 0.253 e. The third-order valence-electron chi connectivity index (χ3n) is 4.24. The first-order valence-corrected chi connectivity index (χ1v) is 8.42. The quantitative estimate of drug-likeness (QED) is 0.925. The number of amides is 2. The Labute approximate surface area is 129 Å². The van der Waals surface area contributed by atoms with Gasteiger partial charge in [0.25, 0.3) is 5.91 Å². The largest absolute Gasteiger partial charge is 0.337 e. The highest BCUT2D eigenvalue weighted by Crippen LogP contribution is 2.30.